The topological polar surface area (TPSA) is 75.7 Å². The Morgan fingerprint density at radius 1 is 1.00 bits per heavy atom. The number of carbonyl (C=O) groups excluding carboxylic acids is 1. The van der Waals surface area contributed by atoms with Gasteiger partial charge in [-0.05, 0) is 68.3 Å². The molecule has 1 aliphatic heterocycles. The number of sulfonamides is 1. The van der Waals surface area contributed by atoms with Crippen molar-refractivity contribution in [2.45, 2.75) is 31.8 Å². The molecule has 0 fully saturated rings. The van der Waals surface area contributed by atoms with Gasteiger partial charge in [0.2, 0.25) is 0 Å². The van der Waals surface area contributed by atoms with Crippen molar-refractivity contribution >= 4 is 38.9 Å². The van der Waals surface area contributed by atoms with Gasteiger partial charge < -0.3 is 10.1 Å². The number of benzene rings is 3. The number of carbonyl (C=O) groups is 1. The third kappa shape index (κ3) is 4.31. The van der Waals surface area contributed by atoms with Gasteiger partial charge in [0.05, 0.1) is 17.1 Å². The Hall–Kier alpha value is -3.03. The standard InChI is InChI=1S/C24H23ClN2O4S/c1-15-5-9-19(10-6-15)32(29,30)27-14-23(31-22-11-8-18(25)13-21(22)27)24(28)26-20-12-16(2)4-7-17(20)3/h4-13,23H,14H2,1-3H3,(H,26,28)/t23-/m1/s1. The van der Waals surface area contributed by atoms with Crippen molar-refractivity contribution in [1.82, 2.24) is 0 Å². The first-order chi connectivity index (χ1) is 15.1. The van der Waals surface area contributed by atoms with E-state index in [2.05, 4.69) is 5.32 Å². The van der Waals surface area contributed by atoms with Gasteiger partial charge in [0.1, 0.15) is 5.75 Å². The van der Waals surface area contributed by atoms with Crippen LogP contribution in [0.5, 0.6) is 5.75 Å². The molecule has 0 spiro atoms. The van der Waals surface area contributed by atoms with Gasteiger partial charge in [-0.1, -0.05) is 41.4 Å². The zero-order valence-corrected chi connectivity index (χ0v) is 19.5. The van der Waals surface area contributed by atoms with Gasteiger partial charge >= 0.3 is 0 Å². The van der Waals surface area contributed by atoms with Crippen LogP contribution in [0.1, 0.15) is 16.7 Å². The van der Waals surface area contributed by atoms with Crippen LogP contribution in [-0.2, 0) is 14.8 Å². The summed E-state index contributed by atoms with van der Waals surface area (Å²) >= 11 is 6.14. The molecule has 6 nitrogen and oxygen atoms in total. The first kappa shape index (κ1) is 22.2. The van der Waals surface area contributed by atoms with E-state index in [1.807, 2.05) is 39.0 Å². The predicted octanol–water partition coefficient (Wildman–Crippen LogP) is 4.86. The molecule has 1 aliphatic rings. The molecule has 4 rings (SSSR count). The SMILES string of the molecule is Cc1ccc(S(=O)(=O)N2C[C@H](C(=O)Nc3cc(C)ccc3C)Oc3ccc(Cl)cc32)cc1. The summed E-state index contributed by atoms with van der Waals surface area (Å²) in [4.78, 5) is 13.2. The van der Waals surface area contributed by atoms with Crippen molar-refractivity contribution in [2.75, 3.05) is 16.2 Å². The van der Waals surface area contributed by atoms with Crippen LogP contribution in [0.15, 0.2) is 65.6 Å². The largest absolute Gasteiger partial charge is 0.476 e. The average molecular weight is 471 g/mol. The number of hydrogen-bond donors (Lipinski definition) is 1. The number of rotatable bonds is 4. The van der Waals surface area contributed by atoms with Crippen LogP contribution >= 0.6 is 11.6 Å². The second kappa shape index (κ2) is 8.48. The summed E-state index contributed by atoms with van der Waals surface area (Å²) in [6.07, 6.45) is -1.04. The Labute approximate surface area is 192 Å². The van der Waals surface area contributed by atoms with Crippen molar-refractivity contribution < 1.29 is 17.9 Å². The van der Waals surface area contributed by atoms with E-state index in [0.717, 1.165) is 16.7 Å². The minimum Gasteiger partial charge on any atom is -0.476 e. The van der Waals surface area contributed by atoms with E-state index in [1.165, 1.54) is 10.4 Å². The highest BCUT2D eigenvalue weighted by Crippen LogP contribution is 2.39. The molecule has 0 aliphatic carbocycles. The maximum absolute atomic E-state index is 13.5. The summed E-state index contributed by atoms with van der Waals surface area (Å²) in [7, 11) is -3.95. The number of hydrogen-bond acceptors (Lipinski definition) is 4. The van der Waals surface area contributed by atoms with E-state index >= 15 is 0 Å². The molecule has 0 unspecified atom stereocenters. The van der Waals surface area contributed by atoms with Gasteiger partial charge in [-0.2, -0.15) is 0 Å². The normalized spacial score (nSPS) is 15.6. The van der Waals surface area contributed by atoms with E-state index in [0.29, 0.717) is 16.4 Å². The highest BCUT2D eigenvalue weighted by atomic mass is 35.5. The lowest BCUT2D eigenvalue weighted by atomic mass is 10.1. The second-order valence-corrected chi connectivity index (χ2v) is 10.2. The minimum atomic E-state index is -3.95. The van der Waals surface area contributed by atoms with Crippen LogP contribution in [0.25, 0.3) is 0 Å². The van der Waals surface area contributed by atoms with Crippen molar-refractivity contribution in [1.29, 1.82) is 0 Å². The van der Waals surface area contributed by atoms with Crippen LogP contribution in [0.3, 0.4) is 0 Å². The van der Waals surface area contributed by atoms with Gasteiger partial charge in [-0.25, -0.2) is 8.42 Å². The third-order valence-corrected chi connectivity index (χ3v) is 7.37. The van der Waals surface area contributed by atoms with E-state index in [9.17, 15) is 13.2 Å². The summed E-state index contributed by atoms with van der Waals surface area (Å²) in [5, 5.41) is 3.24. The number of anilines is 2. The monoisotopic (exact) mass is 470 g/mol. The average Bonchev–Trinajstić information content (AvgIpc) is 2.75. The van der Waals surface area contributed by atoms with E-state index < -0.39 is 22.0 Å². The summed E-state index contributed by atoms with van der Waals surface area (Å²) in [6, 6.07) is 17.0. The fourth-order valence-corrected chi connectivity index (χ4v) is 5.14. The van der Waals surface area contributed by atoms with Gasteiger partial charge in [0.25, 0.3) is 15.9 Å². The Kier molecular flexibility index (Phi) is 5.88. The second-order valence-electron chi connectivity index (χ2n) is 7.88. The molecule has 0 saturated carbocycles. The van der Waals surface area contributed by atoms with Crippen molar-refractivity contribution in [2.24, 2.45) is 0 Å². The quantitative estimate of drug-likeness (QED) is 0.590. The fraction of sp³-hybridized carbons (Fsp3) is 0.208. The minimum absolute atomic E-state index is 0.129. The Bertz CT molecular complexity index is 1290. The number of amides is 1. The van der Waals surface area contributed by atoms with Crippen molar-refractivity contribution in [3.05, 3.63) is 82.4 Å². The molecule has 1 atom stereocenters. The summed E-state index contributed by atoms with van der Waals surface area (Å²) < 4.78 is 34.1. The fourth-order valence-electron chi connectivity index (χ4n) is 3.51. The van der Waals surface area contributed by atoms with Gasteiger partial charge in [0, 0.05) is 10.7 Å². The van der Waals surface area contributed by atoms with Crippen molar-refractivity contribution in [3.63, 3.8) is 0 Å². The molecule has 1 N–H and O–H groups in total. The summed E-state index contributed by atoms with van der Waals surface area (Å²) in [6.45, 7) is 5.53. The first-order valence-corrected chi connectivity index (χ1v) is 11.9. The van der Waals surface area contributed by atoms with Gasteiger partial charge in [-0.3, -0.25) is 9.10 Å². The lowest BCUT2D eigenvalue weighted by Crippen LogP contribution is -2.48. The van der Waals surface area contributed by atoms with E-state index in [-0.39, 0.29) is 17.2 Å². The lowest BCUT2D eigenvalue weighted by molar-refractivity contribution is -0.122. The number of ether oxygens (including phenoxy) is 1. The molecule has 32 heavy (non-hydrogen) atoms. The molecule has 1 heterocycles. The molecule has 1 amide bonds. The number of halogens is 1. The smallest absolute Gasteiger partial charge is 0.267 e. The molecule has 8 heteroatoms. The van der Waals surface area contributed by atoms with Crippen LogP contribution in [0, 0.1) is 20.8 Å². The van der Waals surface area contributed by atoms with Crippen LogP contribution in [0.2, 0.25) is 5.02 Å². The predicted molar refractivity (Wildman–Crippen MR) is 126 cm³/mol. The highest BCUT2D eigenvalue weighted by Gasteiger charge is 2.38. The van der Waals surface area contributed by atoms with E-state index in [4.69, 9.17) is 16.3 Å². The molecule has 0 saturated heterocycles. The third-order valence-electron chi connectivity index (χ3n) is 5.34. The van der Waals surface area contributed by atoms with Gasteiger partial charge in [0.15, 0.2) is 6.10 Å². The van der Waals surface area contributed by atoms with Gasteiger partial charge in [-0.15, -0.1) is 0 Å². The highest BCUT2D eigenvalue weighted by molar-refractivity contribution is 7.92. The number of fused-ring (bicyclic) bond motifs is 1. The summed E-state index contributed by atoms with van der Waals surface area (Å²) in [5.74, 6) is -0.152. The summed E-state index contributed by atoms with van der Waals surface area (Å²) in [5.41, 5.74) is 3.80. The molecular formula is C24H23ClN2O4S. The van der Waals surface area contributed by atoms with Crippen LogP contribution in [-0.4, -0.2) is 27.0 Å². The Morgan fingerprint density at radius 3 is 2.41 bits per heavy atom. The molecule has 0 aromatic heterocycles. The Balaban J connectivity index is 1.70. The molecule has 0 radical (unpaired) electrons. The zero-order chi connectivity index (χ0) is 23.0. The number of nitrogens with zero attached hydrogens (tertiary/aromatic N) is 1. The maximum atomic E-state index is 13.5. The number of nitrogens with one attached hydrogen (secondary N) is 1. The molecular weight excluding hydrogens is 448 g/mol. The maximum Gasteiger partial charge on any atom is 0.267 e. The number of aryl methyl sites for hydroxylation is 3. The van der Waals surface area contributed by atoms with E-state index in [1.54, 1.807) is 36.4 Å². The van der Waals surface area contributed by atoms with Crippen molar-refractivity contribution in [3.8, 4) is 5.75 Å². The lowest BCUT2D eigenvalue weighted by Gasteiger charge is -2.35. The molecule has 0 bridgehead atoms. The zero-order valence-electron chi connectivity index (χ0n) is 17.9. The molecule has 166 valence electrons. The first-order valence-electron chi connectivity index (χ1n) is 10.1. The molecule has 3 aromatic carbocycles. The van der Waals surface area contributed by atoms with Crippen LogP contribution in [0.4, 0.5) is 11.4 Å². The Morgan fingerprint density at radius 2 is 1.69 bits per heavy atom. The van der Waals surface area contributed by atoms with Crippen LogP contribution < -0.4 is 14.4 Å². The molecule has 3 aromatic rings.